The Morgan fingerprint density at radius 2 is 2.57 bits per heavy atom. The van der Waals surface area contributed by atoms with Gasteiger partial charge in [0.1, 0.15) is 0 Å². The fourth-order valence-corrected chi connectivity index (χ4v) is 0.644. The van der Waals surface area contributed by atoms with Gasteiger partial charge in [-0.15, -0.1) is 0 Å². The van der Waals surface area contributed by atoms with Gasteiger partial charge in [0.2, 0.25) is 0 Å². The molecule has 40 valence electrons. The lowest BCUT2D eigenvalue weighted by Crippen LogP contribution is -2.04. The molecule has 0 saturated heterocycles. The molecule has 0 aromatic heterocycles. The van der Waals surface area contributed by atoms with E-state index in [4.69, 9.17) is 4.74 Å². The maximum atomic E-state index is 5.00. The zero-order chi connectivity index (χ0) is 5.11. The van der Waals surface area contributed by atoms with Gasteiger partial charge in [-0.3, -0.25) is 0 Å². The fraction of sp³-hybridized carbons (Fsp3) is 0.667. The Hall–Kier alpha value is -0.460. The van der Waals surface area contributed by atoms with Crippen molar-refractivity contribution in [2.75, 3.05) is 6.61 Å². The molecule has 1 aliphatic heterocycles. The standard InChI is InChI=1S/C6H10O/c1-6-3-2-4-7-5-6/h2,4,6H,3,5H2,1H3. The van der Waals surface area contributed by atoms with Gasteiger partial charge < -0.3 is 4.74 Å². The third-order valence-corrected chi connectivity index (χ3v) is 1.11. The van der Waals surface area contributed by atoms with E-state index < -0.39 is 0 Å². The summed E-state index contributed by atoms with van der Waals surface area (Å²) in [5, 5.41) is 0. The van der Waals surface area contributed by atoms with Gasteiger partial charge >= 0.3 is 0 Å². The number of allylic oxidation sites excluding steroid dienone is 1. The highest BCUT2D eigenvalue weighted by Gasteiger charge is 2.01. The van der Waals surface area contributed by atoms with Crippen LogP contribution in [-0.2, 0) is 4.74 Å². The first kappa shape index (κ1) is 4.69. The van der Waals surface area contributed by atoms with Crippen molar-refractivity contribution in [3.63, 3.8) is 0 Å². The van der Waals surface area contributed by atoms with Crippen molar-refractivity contribution >= 4 is 0 Å². The molecule has 0 fully saturated rings. The smallest absolute Gasteiger partial charge is 0.0901 e. The molecule has 7 heavy (non-hydrogen) atoms. The minimum atomic E-state index is 0.727. The van der Waals surface area contributed by atoms with Gasteiger partial charge in [0.25, 0.3) is 0 Å². The first-order chi connectivity index (χ1) is 3.39. The normalized spacial score (nSPS) is 29.6. The van der Waals surface area contributed by atoms with Crippen LogP contribution in [0.25, 0.3) is 0 Å². The lowest BCUT2D eigenvalue weighted by atomic mass is 10.1. The van der Waals surface area contributed by atoms with Crippen LogP contribution in [0, 0.1) is 5.92 Å². The number of rotatable bonds is 0. The van der Waals surface area contributed by atoms with Crippen LogP contribution < -0.4 is 0 Å². The van der Waals surface area contributed by atoms with Crippen molar-refractivity contribution in [1.29, 1.82) is 0 Å². The first-order valence-electron chi connectivity index (χ1n) is 2.66. The van der Waals surface area contributed by atoms with Crippen LogP contribution in [0.1, 0.15) is 13.3 Å². The van der Waals surface area contributed by atoms with Crippen LogP contribution in [0.3, 0.4) is 0 Å². The summed E-state index contributed by atoms with van der Waals surface area (Å²) in [6.45, 7) is 3.08. The molecule has 0 aromatic rings. The Morgan fingerprint density at radius 3 is 2.86 bits per heavy atom. The number of hydrogen-bond donors (Lipinski definition) is 0. The Kier molecular flexibility index (Phi) is 1.35. The van der Waals surface area contributed by atoms with E-state index in [1.807, 2.05) is 0 Å². The Labute approximate surface area is 44.0 Å². The number of hydrogen-bond acceptors (Lipinski definition) is 1. The molecule has 0 spiro atoms. The summed E-state index contributed by atoms with van der Waals surface area (Å²) in [5.74, 6) is 0.727. The molecule has 1 heteroatoms. The second-order valence-corrected chi connectivity index (χ2v) is 2.05. The highest BCUT2D eigenvalue weighted by Crippen LogP contribution is 2.07. The van der Waals surface area contributed by atoms with Gasteiger partial charge in [-0.05, 0) is 18.4 Å². The molecular weight excluding hydrogens is 88.1 g/mol. The highest BCUT2D eigenvalue weighted by molar-refractivity contribution is 4.80. The van der Waals surface area contributed by atoms with Crippen molar-refractivity contribution in [2.45, 2.75) is 13.3 Å². The summed E-state index contributed by atoms with van der Waals surface area (Å²) in [4.78, 5) is 0. The molecule has 0 amide bonds. The highest BCUT2D eigenvalue weighted by atomic mass is 16.5. The SMILES string of the molecule is CC1CC=COC1. The second-order valence-electron chi connectivity index (χ2n) is 2.05. The molecule has 1 heterocycles. The largest absolute Gasteiger partial charge is 0.501 e. The van der Waals surface area contributed by atoms with Crippen LogP contribution in [0.15, 0.2) is 12.3 Å². The van der Waals surface area contributed by atoms with Gasteiger partial charge in [0.05, 0.1) is 12.9 Å². The average molecular weight is 98.1 g/mol. The molecule has 0 radical (unpaired) electrons. The van der Waals surface area contributed by atoms with Gasteiger partial charge in [0.15, 0.2) is 0 Å². The maximum Gasteiger partial charge on any atom is 0.0901 e. The summed E-state index contributed by atoms with van der Waals surface area (Å²) in [6, 6.07) is 0. The van der Waals surface area contributed by atoms with Crippen LogP contribution in [0.4, 0.5) is 0 Å². The quantitative estimate of drug-likeness (QED) is 0.446. The molecule has 1 rings (SSSR count). The van der Waals surface area contributed by atoms with E-state index in [-0.39, 0.29) is 0 Å². The second kappa shape index (κ2) is 2.01. The summed E-state index contributed by atoms with van der Waals surface area (Å²) in [6.07, 6.45) is 5.02. The topological polar surface area (TPSA) is 9.23 Å². The zero-order valence-electron chi connectivity index (χ0n) is 4.55. The number of ether oxygens (including phenoxy) is 1. The third-order valence-electron chi connectivity index (χ3n) is 1.11. The van der Waals surface area contributed by atoms with E-state index in [1.165, 1.54) is 6.42 Å². The third kappa shape index (κ3) is 1.22. The molecule has 0 saturated carbocycles. The lowest BCUT2D eigenvalue weighted by molar-refractivity contribution is 0.186. The Bertz CT molecular complexity index is 76.2. The van der Waals surface area contributed by atoms with Gasteiger partial charge in [-0.25, -0.2) is 0 Å². The molecule has 1 aliphatic rings. The van der Waals surface area contributed by atoms with Crippen LogP contribution in [0.2, 0.25) is 0 Å². The molecule has 0 bridgehead atoms. The van der Waals surface area contributed by atoms with Crippen molar-refractivity contribution in [3.05, 3.63) is 12.3 Å². The van der Waals surface area contributed by atoms with E-state index in [9.17, 15) is 0 Å². The molecule has 1 unspecified atom stereocenters. The fourth-order valence-electron chi connectivity index (χ4n) is 0.644. The van der Waals surface area contributed by atoms with E-state index in [1.54, 1.807) is 6.26 Å². The van der Waals surface area contributed by atoms with Crippen molar-refractivity contribution < 1.29 is 4.74 Å². The Balaban J connectivity index is 2.32. The summed E-state index contributed by atoms with van der Waals surface area (Å²) >= 11 is 0. The maximum absolute atomic E-state index is 5.00. The zero-order valence-corrected chi connectivity index (χ0v) is 4.55. The summed E-state index contributed by atoms with van der Waals surface area (Å²) < 4.78 is 5.00. The van der Waals surface area contributed by atoms with Crippen LogP contribution in [0.5, 0.6) is 0 Å². The van der Waals surface area contributed by atoms with Crippen molar-refractivity contribution in [1.82, 2.24) is 0 Å². The molecule has 0 aliphatic carbocycles. The van der Waals surface area contributed by atoms with E-state index in [2.05, 4.69) is 13.0 Å². The first-order valence-corrected chi connectivity index (χ1v) is 2.66. The monoisotopic (exact) mass is 98.1 g/mol. The van der Waals surface area contributed by atoms with Gasteiger partial charge in [-0.1, -0.05) is 6.92 Å². The predicted molar refractivity (Wildman–Crippen MR) is 28.9 cm³/mol. The summed E-state index contributed by atoms with van der Waals surface area (Å²) in [7, 11) is 0. The Morgan fingerprint density at radius 1 is 1.71 bits per heavy atom. The van der Waals surface area contributed by atoms with Crippen LogP contribution >= 0.6 is 0 Å². The van der Waals surface area contributed by atoms with Gasteiger partial charge in [-0.2, -0.15) is 0 Å². The van der Waals surface area contributed by atoms with E-state index in [0.717, 1.165) is 12.5 Å². The van der Waals surface area contributed by atoms with E-state index >= 15 is 0 Å². The molecule has 1 nitrogen and oxygen atoms in total. The molecule has 0 N–H and O–H groups in total. The minimum absolute atomic E-state index is 0.727. The average Bonchev–Trinajstić information content (AvgIpc) is 1.69. The molecule has 1 atom stereocenters. The van der Waals surface area contributed by atoms with Gasteiger partial charge in [0, 0.05) is 0 Å². The van der Waals surface area contributed by atoms with E-state index in [0.29, 0.717) is 0 Å². The van der Waals surface area contributed by atoms with Crippen molar-refractivity contribution in [3.8, 4) is 0 Å². The molecule has 0 aromatic carbocycles. The minimum Gasteiger partial charge on any atom is -0.501 e. The lowest BCUT2D eigenvalue weighted by Gasteiger charge is -2.11. The summed E-state index contributed by atoms with van der Waals surface area (Å²) in [5.41, 5.74) is 0. The molecular formula is C6H10O. The van der Waals surface area contributed by atoms with Crippen molar-refractivity contribution in [2.24, 2.45) is 5.92 Å². The van der Waals surface area contributed by atoms with Crippen LogP contribution in [-0.4, -0.2) is 6.61 Å². The predicted octanol–water partition coefficient (Wildman–Crippen LogP) is 1.56.